The average Bonchev–Trinajstić information content (AvgIpc) is 2.87. The molecular formula is C19H30N4. The highest BCUT2D eigenvalue weighted by molar-refractivity contribution is 5.24. The van der Waals surface area contributed by atoms with E-state index in [9.17, 15) is 0 Å². The van der Waals surface area contributed by atoms with Crippen LogP contribution in [-0.4, -0.2) is 34.3 Å². The van der Waals surface area contributed by atoms with E-state index >= 15 is 0 Å². The summed E-state index contributed by atoms with van der Waals surface area (Å²) in [7, 11) is 2.00. The molecule has 0 fully saturated rings. The van der Waals surface area contributed by atoms with Gasteiger partial charge in [0.25, 0.3) is 0 Å². The predicted octanol–water partition coefficient (Wildman–Crippen LogP) is 2.72. The fraction of sp³-hybridized carbons (Fsp3) is 0.526. The Morgan fingerprint density at radius 2 is 1.83 bits per heavy atom. The van der Waals surface area contributed by atoms with Crippen molar-refractivity contribution in [3.8, 4) is 0 Å². The van der Waals surface area contributed by atoms with Gasteiger partial charge in [-0.3, -0.25) is 9.58 Å². The molecule has 1 heterocycles. The lowest BCUT2D eigenvalue weighted by atomic mass is 9.89. The van der Waals surface area contributed by atoms with Crippen molar-refractivity contribution < 1.29 is 0 Å². The van der Waals surface area contributed by atoms with E-state index in [-0.39, 0.29) is 5.41 Å². The molecule has 2 N–H and O–H groups in total. The van der Waals surface area contributed by atoms with Crippen LogP contribution in [0, 0.1) is 0 Å². The molecule has 23 heavy (non-hydrogen) atoms. The molecule has 0 amide bonds. The Balaban J connectivity index is 2.07. The highest BCUT2D eigenvalue weighted by atomic mass is 15.3. The summed E-state index contributed by atoms with van der Waals surface area (Å²) in [4.78, 5) is 2.43. The lowest BCUT2D eigenvalue weighted by molar-refractivity contribution is 0.274. The van der Waals surface area contributed by atoms with Crippen LogP contribution in [0.5, 0.6) is 0 Å². The van der Waals surface area contributed by atoms with Gasteiger partial charge in [-0.25, -0.2) is 0 Å². The third kappa shape index (κ3) is 5.19. The maximum Gasteiger partial charge on any atom is 0.0722 e. The van der Waals surface area contributed by atoms with E-state index in [1.807, 2.05) is 11.7 Å². The summed E-state index contributed by atoms with van der Waals surface area (Å²) in [5.74, 6) is 0. The minimum absolute atomic E-state index is 0.0599. The van der Waals surface area contributed by atoms with Crippen LogP contribution < -0.4 is 5.73 Å². The van der Waals surface area contributed by atoms with Crippen LogP contribution in [0.15, 0.2) is 36.5 Å². The lowest BCUT2D eigenvalue weighted by Crippen LogP contribution is -2.31. The van der Waals surface area contributed by atoms with Crippen molar-refractivity contribution in [1.82, 2.24) is 14.7 Å². The third-order valence-electron chi connectivity index (χ3n) is 4.01. The fourth-order valence-electron chi connectivity index (χ4n) is 2.91. The van der Waals surface area contributed by atoms with Crippen LogP contribution >= 0.6 is 0 Å². The summed E-state index contributed by atoms with van der Waals surface area (Å²) in [6.45, 7) is 10.2. The summed E-state index contributed by atoms with van der Waals surface area (Å²) in [5, 5.41) is 4.67. The van der Waals surface area contributed by atoms with Crippen LogP contribution in [0.1, 0.15) is 37.6 Å². The SMILES string of the molecule is Cn1cc(CN(CCN)CCc2ccccc2)c(C(C)(C)C)n1. The topological polar surface area (TPSA) is 47.1 Å². The number of nitrogens with zero attached hydrogens (tertiary/aromatic N) is 3. The monoisotopic (exact) mass is 314 g/mol. The zero-order valence-electron chi connectivity index (χ0n) is 14.9. The summed E-state index contributed by atoms with van der Waals surface area (Å²) in [6.07, 6.45) is 3.19. The van der Waals surface area contributed by atoms with Crippen LogP contribution in [0.25, 0.3) is 0 Å². The molecule has 0 radical (unpaired) electrons. The van der Waals surface area contributed by atoms with Crippen molar-refractivity contribution in [1.29, 1.82) is 0 Å². The van der Waals surface area contributed by atoms with Crippen molar-refractivity contribution in [2.45, 2.75) is 39.2 Å². The Morgan fingerprint density at radius 1 is 1.13 bits per heavy atom. The van der Waals surface area contributed by atoms with Crippen LogP contribution in [0.3, 0.4) is 0 Å². The Hall–Kier alpha value is -1.65. The average molecular weight is 314 g/mol. The molecule has 1 aromatic carbocycles. The maximum atomic E-state index is 5.82. The zero-order valence-corrected chi connectivity index (χ0v) is 14.9. The molecule has 2 rings (SSSR count). The number of aryl methyl sites for hydroxylation is 1. The van der Waals surface area contributed by atoms with Crippen molar-refractivity contribution in [3.63, 3.8) is 0 Å². The Kier molecular flexibility index (Phi) is 5.97. The summed E-state index contributed by atoms with van der Waals surface area (Å²) in [5.41, 5.74) is 9.74. The highest BCUT2D eigenvalue weighted by Gasteiger charge is 2.22. The molecule has 0 bridgehead atoms. The molecule has 0 aliphatic rings. The van der Waals surface area contributed by atoms with Gasteiger partial charge in [0.15, 0.2) is 0 Å². The Labute approximate surface area is 140 Å². The van der Waals surface area contributed by atoms with Gasteiger partial charge < -0.3 is 5.73 Å². The van der Waals surface area contributed by atoms with Crippen molar-refractivity contribution >= 4 is 0 Å². The van der Waals surface area contributed by atoms with E-state index in [0.29, 0.717) is 6.54 Å². The van der Waals surface area contributed by atoms with E-state index < -0.39 is 0 Å². The van der Waals surface area contributed by atoms with E-state index in [2.05, 4.69) is 67.3 Å². The second-order valence-electron chi connectivity index (χ2n) is 7.23. The Morgan fingerprint density at radius 3 is 2.43 bits per heavy atom. The summed E-state index contributed by atoms with van der Waals surface area (Å²) in [6, 6.07) is 10.6. The predicted molar refractivity (Wildman–Crippen MR) is 96.4 cm³/mol. The maximum absolute atomic E-state index is 5.82. The minimum Gasteiger partial charge on any atom is -0.329 e. The summed E-state index contributed by atoms with van der Waals surface area (Å²) >= 11 is 0. The molecule has 0 spiro atoms. The van der Waals surface area contributed by atoms with Crippen LogP contribution in [0.4, 0.5) is 0 Å². The summed E-state index contributed by atoms with van der Waals surface area (Å²) < 4.78 is 1.92. The van der Waals surface area contributed by atoms with E-state index in [0.717, 1.165) is 26.1 Å². The molecule has 0 saturated heterocycles. The molecule has 0 atom stereocenters. The van der Waals surface area contributed by atoms with Gasteiger partial charge in [0.1, 0.15) is 0 Å². The molecule has 4 heteroatoms. The van der Waals surface area contributed by atoms with E-state index in [4.69, 9.17) is 5.73 Å². The fourth-order valence-corrected chi connectivity index (χ4v) is 2.91. The molecule has 2 aromatic rings. The first-order valence-electron chi connectivity index (χ1n) is 8.39. The minimum atomic E-state index is 0.0599. The standard InChI is InChI=1S/C19H30N4/c1-19(2,3)18-17(14-22(4)21-18)15-23(13-11-20)12-10-16-8-6-5-7-9-16/h5-9,14H,10-13,15,20H2,1-4H3. The van der Waals surface area contributed by atoms with Crippen molar-refractivity contribution in [2.75, 3.05) is 19.6 Å². The molecule has 1 aromatic heterocycles. The first-order chi connectivity index (χ1) is 10.9. The van der Waals surface area contributed by atoms with Gasteiger partial charge in [0, 0.05) is 50.4 Å². The normalized spacial score (nSPS) is 12.1. The molecular weight excluding hydrogens is 284 g/mol. The van der Waals surface area contributed by atoms with Gasteiger partial charge in [0.2, 0.25) is 0 Å². The molecule has 0 aliphatic heterocycles. The molecule has 0 aliphatic carbocycles. The number of aromatic nitrogens is 2. The number of nitrogens with two attached hydrogens (primary N) is 1. The van der Waals surface area contributed by atoms with Gasteiger partial charge in [-0.05, 0) is 12.0 Å². The number of hydrogen-bond donors (Lipinski definition) is 1. The van der Waals surface area contributed by atoms with Gasteiger partial charge in [-0.2, -0.15) is 5.10 Å². The zero-order chi connectivity index (χ0) is 16.9. The largest absolute Gasteiger partial charge is 0.329 e. The van der Waals surface area contributed by atoms with Gasteiger partial charge in [0.05, 0.1) is 5.69 Å². The van der Waals surface area contributed by atoms with Crippen LogP contribution in [-0.2, 0) is 25.4 Å². The quantitative estimate of drug-likeness (QED) is 0.855. The van der Waals surface area contributed by atoms with Gasteiger partial charge >= 0.3 is 0 Å². The molecule has 126 valence electrons. The number of rotatable bonds is 7. The molecule has 4 nitrogen and oxygen atoms in total. The van der Waals surface area contributed by atoms with E-state index in [1.54, 1.807) is 0 Å². The number of benzene rings is 1. The smallest absolute Gasteiger partial charge is 0.0722 e. The van der Waals surface area contributed by atoms with Crippen LogP contribution in [0.2, 0.25) is 0 Å². The van der Waals surface area contributed by atoms with E-state index in [1.165, 1.54) is 16.8 Å². The second-order valence-corrected chi connectivity index (χ2v) is 7.23. The van der Waals surface area contributed by atoms with Crippen molar-refractivity contribution in [2.24, 2.45) is 12.8 Å². The van der Waals surface area contributed by atoms with Crippen molar-refractivity contribution in [3.05, 3.63) is 53.3 Å². The first-order valence-corrected chi connectivity index (χ1v) is 8.39. The third-order valence-corrected chi connectivity index (χ3v) is 4.01. The second kappa shape index (κ2) is 7.75. The lowest BCUT2D eigenvalue weighted by Gasteiger charge is -2.24. The molecule has 0 unspecified atom stereocenters. The first kappa shape index (κ1) is 17.7. The molecule has 0 saturated carbocycles. The highest BCUT2D eigenvalue weighted by Crippen LogP contribution is 2.25. The number of hydrogen-bond acceptors (Lipinski definition) is 3. The van der Waals surface area contributed by atoms with Gasteiger partial charge in [-0.15, -0.1) is 0 Å². The Bertz CT molecular complexity index is 596. The van der Waals surface area contributed by atoms with Gasteiger partial charge in [-0.1, -0.05) is 51.1 Å².